The molecule has 8 heteroatoms. The third kappa shape index (κ3) is 27.2. The highest BCUT2D eigenvalue weighted by atomic mass is 16.1. The van der Waals surface area contributed by atoms with Gasteiger partial charge in [0.2, 0.25) is 11.8 Å². The van der Waals surface area contributed by atoms with E-state index in [-0.39, 0.29) is 11.8 Å². The number of hydrogen-bond acceptors (Lipinski definition) is 6. The van der Waals surface area contributed by atoms with E-state index in [9.17, 15) is 9.59 Å². The van der Waals surface area contributed by atoms with Gasteiger partial charge in [-0.25, -0.2) is 0 Å². The van der Waals surface area contributed by atoms with Crippen LogP contribution >= 0.6 is 0 Å². The fraction of sp³-hybridized carbons (Fsp3) is 0.857. The number of carbonyl (C=O) groups excluding carboxylic acids is 2. The first-order valence-electron chi connectivity index (χ1n) is 7.74. The average Bonchev–Trinajstić information content (AvgIpc) is 2.49. The Labute approximate surface area is 134 Å². The van der Waals surface area contributed by atoms with Crippen LogP contribution in [0.2, 0.25) is 0 Å². The van der Waals surface area contributed by atoms with Gasteiger partial charge in [0.1, 0.15) is 0 Å². The molecule has 132 valence electrons. The van der Waals surface area contributed by atoms with E-state index < -0.39 is 0 Å². The maximum absolute atomic E-state index is 9.70. The van der Waals surface area contributed by atoms with E-state index >= 15 is 0 Å². The summed E-state index contributed by atoms with van der Waals surface area (Å²) in [6.45, 7) is 11.5. The van der Waals surface area contributed by atoms with Crippen LogP contribution in [-0.2, 0) is 9.59 Å². The van der Waals surface area contributed by atoms with E-state index in [1.54, 1.807) is 14.1 Å². The van der Waals surface area contributed by atoms with Gasteiger partial charge in [-0.15, -0.1) is 0 Å². The zero-order valence-corrected chi connectivity index (χ0v) is 14.5. The highest BCUT2D eigenvalue weighted by Gasteiger charge is 1.92. The Morgan fingerprint density at radius 2 is 0.727 bits per heavy atom. The largest absolute Gasteiger partial charge is 0.359 e. The molecule has 2 amide bonds. The van der Waals surface area contributed by atoms with Crippen LogP contribution in [0.1, 0.15) is 13.8 Å². The van der Waals surface area contributed by atoms with Crippen molar-refractivity contribution in [3.63, 3.8) is 0 Å². The highest BCUT2D eigenvalue weighted by molar-refractivity contribution is 5.72. The number of nitrogens with one attached hydrogen (secondary N) is 6. The Kier molecular flexibility index (Phi) is 20.7. The van der Waals surface area contributed by atoms with Gasteiger partial charge in [-0.3, -0.25) is 9.59 Å². The molecule has 0 radical (unpaired) electrons. The van der Waals surface area contributed by atoms with Crippen LogP contribution < -0.4 is 31.9 Å². The minimum absolute atomic E-state index is 0.00463. The van der Waals surface area contributed by atoms with Crippen LogP contribution in [0.5, 0.6) is 0 Å². The van der Waals surface area contributed by atoms with Crippen molar-refractivity contribution in [2.45, 2.75) is 13.8 Å². The molecule has 6 N–H and O–H groups in total. The Hall–Kier alpha value is -1.22. The average molecular weight is 318 g/mol. The van der Waals surface area contributed by atoms with Crippen LogP contribution in [0.3, 0.4) is 0 Å². The molecule has 0 atom stereocenters. The molecular formula is C14H34N6O2. The molecule has 0 spiro atoms. The van der Waals surface area contributed by atoms with E-state index in [0.717, 1.165) is 52.4 Å². The summed E-state index contributed by atoms with van der Waals surface area (Å²) in [7, 11) is 3.20. The molecule has 22 heavy (non-hydrogen) atoms. The lowest BCUT2D eigenvalue weighted by Crippen LogP contribution is -2.39. The maximum Gasteiger partial charge on any atom is 0.216 e. The summed E-state index contributed by atoms with van der Waals surface area (Å²) in [6.07, 6.45) is 0. The molecule has 0 unspecified atom stereocenters. The summed E-state index contributed by atoms with van der Waals surface area (Å²) < 4.78 is 0. The molecule has 8 nitrogen and oxygen atoms in total. The first-order chi connectivity index (χ1) is 10.5. The lowest BCUT2D eigenvalue weighted by molar-refractivity contribution is -0.119. The Bertz CT molecular complexity index is 207. The van der Waals surface area contributed by atoms with Crippen LogP contribution in [0.25, 0.3) is 0 Å². The van der Waals surface area contributed by atoms with Crippen molar-refractivity contribution in [3.8, 4) is 0 Å². The summed E-state index contributed by atoms with van der Waals surface area (Å²) in [4.78, 5) is 19.4. The molecule has 1 rings (SSSR count). The summed E-state index contributed by atoms with van der Waals surface area (Å²) in [6, 6.07) is 0. The SMILES string of the molecule is C1CNCCNCCNCCN1.CNC(C)=O.CNC(C)=O. The first kappa shape index (κ1) is 23.1. The zero-order valence-electron chi connectivity index (χ0n) is 14.5. The van der Waals surface area contributed by atoms with E-state index in [1.165, 1.54) is 13.8 Å². The standard InChI is InChI=1S/C8H20N4.2C3H7NO/c1-2-10-5-6-12-8-7-11-4-3-9-1;2*1-3(5)4-2/h9-12H,1-8H2;2*1-2H3,(H,4,5). The lowest BCUT2D eigenvalue weighted by Gasteiger charge is -2.11. The second kappa shape index (κ2) is 19.8. The van der Waals surface area contributed by atoms with Gasteiger partial charge < -0.3 is 31.9 Å². The van der Waals surface area contributed by atoms with Crippen molar-refractivity contribution in [2.24, 2.45) is 0 Å². The Morgan fingerprint density at radius 1 is 0.591 bits per heavy atom. The molecule has 1 heterocycles. The summed E-state index contributed by atoms with van der Waals surface area (Å²) in [5, 5.41) is 18.2. The van der Waals surface area contributed by atoms with Gasteiger partial charge in [-0.2, -0.15) is 0 Å². The molecule has 0 saturated carbocycles. The van der Waals surface area contributed by atoms with Crippen molar-refractivity contribution in [2.75, 3.05) is 66.5 Å². The number of carbonyl (C=O) groups is 2. The fourth-order valence-corrected chi connectivity index (χ4v) is 1.21. The Balaban J connectivity index is 0. The molecule has 1 saturated heterocycles. The minimum atomic E-state index is 0.00463. The van der Waals surface area contributed by atoms with Gasteiger partial charge in [0.15, 0.2) is 0 Å². The quantitative estimate of drug-likeness (QED) is 0.305. The van der Waals surface area contributed by atoms with E-state index in [4.69, 9.17) is 0 Å². The second-order valence-corrected chi connectivity index (χ2v) is 4.61. The van der Waals surface area contributed by atoms with Gasteiger partial charge in [0, 0.05) is 80.3 Å². The third-order valence-electron chi connectivity index (χ3n) is 2.62. The third-order valence-corrected chi connectivity index (χ3v) is 2.62. The van der Waals surface area contributed by atoms with Crippen LogP contribution in [0, 0.1) is 0 Å². The molecule has 0 aromatic rings. The van der Waals surface area contributed by atoms with Gasteiger partial charge >= 0.3 is 0 Å². The molecule has 1 aliphatic heterocycles. The van der Waals surface area contributed by atoms with Crippen LogP contribution in [0.15, 0.2) is 0 Å². The summed E-state index contributed by atoms with van der Waals surface area (Å²) in [5.41, 5.74) is 0. The summed E-state index contributed by atoms with van der Waals surface area (Å²) >= 11 is 0. The lowest BCUT2D eigenvalue weighted by atomic mass is 10.4. The maximum atomic E-state index is 9.70. The number of amides is 2. The highest BCUT2D eigenvalue weighted by Crippen LogP contribution is 1.66. The van der Waals surface area contributed by atoms with Crippen molar-refractivity contribution >= 4 is 11.8 Å². The van der Waals surface area contributed by atoms with E-state index in [1.807, 2.05) is 0 Å². The molecule has 1 aliphatic rings. The number of rotatable bonds is 0. The van der Waals surface area contributed by atoms with E-state index in [2.05, 4.69) is 31.9 Å². The van der Waals surface area contributed by atoms with E-state index in [0.29, 0.717) is 0 Å². The molecule has 0 aromatic heterocycles. The molecular weight excluding hydrogens is 284 g/mol. The Morgan fingerprint density at radius 3 is 0.818 bits per heavy atom. The zero-order chi connectivity index (χ0) is 17.1. The molecule has 0 bridgehead atoms. The summed E-state index contributed by atoms with van der Waals surface area (Å²) in [5.74, 6) is 0.00926. The predicted octanol–water partition coefficient (Wildman–Crippen LogP) is -2.14. The van der Waals surface area contributed by atoms with Crippen molar-refractivity contribution in [1.82, 2.24) is 31.9 Å². The topological polar surface area (TPSA) is 106 Å². The smallest absolute Gasteiger partial charge is 0.216 e. The predicted molar refractivity (Wildman–Crippen MR) is 91.0 cm³/mol. The van der Waals surface area contributed by atoms with Gasteiger partial charge in [0.25, 0.3) is 0 Å². The number of hydrogen-bond donors (Lipinski definition) is 6. The van der Waals surface area contributed by atoms with Gasteiger partial charge in [-0.05, 0) is 0 Å². The van der Waals surface area contributed by atoms with Crippen molar-refractivity contribution in [1.29, 1.82) is 0 Å². The molecule has 1 fully saturated rings. The van der Waals surface area contributed by atoms with Crippen molar-refractivity contribution in [3.05, 3.63) is 0 Å². The van der Waals surface area contributed by atoms with Crippen molar-refractivity contribution < 1.29 is 9.59 Å². The second-order valence-electron chi connectivity index (χ2n) is 4.61. The molecule has 0 aliphatic carbocycles. The minimum Gasteiger partial charge on any atom is -0.359 e. The first-order valence-corrected chi connectivity index (χ1v) is 7.74. The van der Waals surface area contributed by atoms with Crippen LogP contribution in [-0.4, -0.2) is 78.3 Å². The fourth-order valence-electron chi connectivity index (χ4n) is 1.21. The van der Waals surface area contributed by atoms with Crippen LogP contribution in [0.4, 0.5) is 0 Å². The monoisotopic (exact) mass is 318 g/mol. The molecule has 0 aromatic carbocycles. The van der Waals surface area contributed by atoms with Gasteiger partial charge in [-0.1, -0.05) is 0 Å². The van der Waals surface area contributed by atoms with Gasteiger partial charge in [0.05, 0.1) is 0 Å². The normalized spacial score (nSPS) is 16.2.